The number of nitrogens with zero attached hydrogens (tertiary/aromatic N) is 1. The molecule has 0 saturated heterocycles. The van der Waals surface area contributed by atoms with Crippen LogP contribution in [0.15, 0.2) is 29.8 Å². The number of benzene rings is 1. The Morgan fingerprint density at radius 2 is 2.11 bits per heavy atom. The minimum Gasteiger partial charge on any atom is -0.301 e. The van der Waals surface area contributed by atoms with E-state index in [1.54, 1.807) is 23.6 Å². The van der Waals surface area contributed by atoms with E-state index >= 15 is 0 Å². The van der Waals surface area contributed by atoms with Gasteiger partial charge in [-0.2, -0.15) is 0 Å². The van der Waals surface area contributed by atoms with Crippen LogP contribution in [0.2, 0.25) is 5.02 Å². The van der Waals surface area contributed by atoms with E-state index in [4.69, 9.17) is 11.6 Å². The first kappa shape index (κ1) is 13.5. The maximum Gasteiger partial charge on any atom is 0.124 e. The molecule has 0 bridgehead atoms. The number of hydrogen-bond acceptors (Lipinski definition) is 3. The molecule has 0 aliphatic carbocycles. The summed E-state index contributed by atoms with van der Waals surface area (Å²) in [5.74, 6) is -0.316. The Kier molecular flexibility index (Phi) is 4.32. The minimum atomic E-state index is -0.316. The molecule has 18 heavy (non-hydrogen) atoms. The second-order valence-electron chi connectivity index (χ2n) is 4.15. The summed E-state index contributed by atoms with van der Waals surface area (Å²) in [4.78, 5) is 4.26. The van der Waals surface area contributed by atoms with Gasteiger partial charge in [0.05, 0.1) is 6.04 Å². The molecule has 0 amide bonds. The third-order valence-electron chi connectivity index (χ3n) is 2.75. The van der Waals surface area contributed by atoms with Gasteiger partial charge in [-0.15, -0.1) is 11.3 Å². The van der Waals surface area contributed by atoms with Crippen molar-refractivity contribution >= 4 is 22.9 Å². The summed E-state index contributed by atoms with van der Waals surface area (Å²) in [6.45, 7) is 4.05. The molecule has 2 atom stereocenters. The normalized spacial score (nSPS) is 14.4. The summed E-state index contributed by atoms with van der Waals surface area (Å²) in [5.41, 5.74) is 0.890. The standard InChI is InChI=1S/C13H14ClFN2S/c1-8(11-4-3-10(15)7-12(11)14)17-9(2)13-16-5-6-18-13/h3-9,17H,1-2H3. The van der Waals surface area contributed by atoms with Crippen LogP contribution in [-0.2, 0) is 0 Å². The first-order chi connectivity index (χ1) is 8.58. The summed E-state index contributed by atoms with van der Waals surface area (Å²) in [6, 6.07) is 4.65. The summed E-state index contributed by atoms with van der Waals surface area (Å²) in [6.07, 6.45) is 1.79. The monoisotopic (exact) mass is 284 g/mol. The highest BCUT2D eigenvalue weighted by molar-refractivity contribution is 7.09. The first-order valence-corrected chi connectivity index (χ1v) is 6.94. The minimum absolute atomic E-state index is 0.0389. The molecule has 0 radical (unpaired) electrons. The predicted molar refractivity (Wildman–Crippen MR) is 73.5 cm³/mol. The quantitative estimate of drug-likeness (QED) is 0.903. The largest absolute Gasteiger partial charge is 0.301 e. The van der Waals surface area contributed by atoms with Crippen LogP contribution in [-0.4, -0.2) is 4.98 Å². The average molecular weight is 285 g/mol. The molecular formula is C13H14ClFN2S. The van der Waals surface area contributed by atoms with Gasteiger partial charge in [-0.25, -0.2) is 9.37 Å². The van der Waals surface area contributed by atoms with Crippen molar-refractivity contribution in [1.29, 1.82) is 0 Å². The lowest BCUT2D eigenvalue weighted by Crippen LogP contribution is -2.22. The lowest BCUT2D eigenvalue weighted by Gasteiger charge is -2.19. The summed E-state index contributed by atoms with van der Waals surface area (Å²) in [5, 5.41) is 6.82. The molecule has 0 spiro atoms. The molecule has 2 nitrogen and oxygen atoms in total. The molecular weight excluding hydrogens is 271 g/mol. The van der Waals surface area contributed by atoms with Gasteiger partial charge in [0, 0.05) is 22.6 Å². The van der Waals surface area contributed by atoms with Gasteiger partial charge < -0.3 is 5.32 Å². The van der Waals surface area contributed by atoms with Crippen molar-refractivity contribution in [2.45, 2.75) is 25.9 Å². The van der Waals surface area contributed by atoms with Crippen LogP contribution < -0.4 is 5.32 Å². The first-order valence-electron chi connectivity index (χ1n) is 5.68. The number of nitrogens with one attached hydrogen (secondary N) is 1. The zero-order valence-electron chi connectivity index (χ0n) is 10.2. The molecule has 2 rings (SSSR count). The number of thiazole rings is 1. The van der Waals surface area contributed by atoms with Crippen LogP contribution in [0.5, 0.6) is 0 Å². The summed E-state index contributed by atoms with van der Waals surface area (Å²) in [7, 11) is 0. The van der Waals surface area contributed by atoms with Gasteiger partial charge in [0.15, 0.2) is 0 Å². The molecule has 1 aromatic heterocycles. The zero-order valence-corrected chi connectivity index (χ0v) is 11.7. The zero-order chi connectivity index (χ0) is 13.1. The van der Waals surface area contributed by atoms with Crippen molar-refractivity contribution in [3.63, 3.8) is 0 Å². The Labute approximate surface area is 115 Å². The summed E-state index contributed by atoms with van der Waals surface area (Å²) < 4.78 is 13.0. The Balaban J connectivity index is 2.10. The summed E-state index contributed by atoms with van der Waals surface area (Å²) >= 11 is 7.65. The van der Waals surface area contributed by atoms with Gasteiger partial charge in [-0.3, -0.25) is 0 Å². The van der Waals surface area contributed by atoms with Crippen LogP contribution >= 0.6 is 22.9 Å². The van der Waals surface area contributed by atoms with E-state index in [0.29, 0.717) is 5.02 Å². The maximum absolute atomic E-state index is 13.0. The van der Waals surface area contributed by atoms with Gasteiger partial charge in [0.2, 0.25) is 0 Å². The molecule has 1 aromatic carbocycles. The fourth-order valence-electron chi connectivity index (χ4n) is 1.84. The van der Waals surface area contributed by atoms with Crippen molar-refractivity contribution in [3.05, 3.63) is 51.2 Å². The smallest absolute Gasteiger partial charge is 0.124 e. The Morgan fingerprint density at radius 1 is 1.33 bits per heavy atom. The fraction of sp³-hybridized carbons (Fsp3) is 0.308. The van der Waals surface area contributed by atoms with Crippen LogP contribution in [0.3, 0.4) is 0 Å². The van der Waals surface area contributed by atoms with E-state index in [2.05, 4.69) is 10.3 Å². The highest BCUT2D eigenvalue weighted by Crippen LogP contribution is 2.26. The second kappa shape index (κ2) is 5.78. The average Bonchev–Trinajstić information content (AvgIpc) is 2.81. The molecule has 5 heteroatoms. The predicted octanol–water partition coefficient (Wildman–Crippen LogP) is 4.35. The molecule has 0 fully saturated rings. The van der Waals surface area contributed by atoms with Crippen LogP contribution in [0, 0.1) is 5.82 Å². The van der Waals surface area contributed by atoms with Crippen LogP contribution in [0.1, 0.15) is 36.5 Å². The lowest BCUT2D eigenvalue weighted by molar-refractivity contribution is 0.492. The molecule has 96 valence electrons. The van der Waals surface area contributed by atoms with E-state index in [-0.39, 0.29) is 17.9 Å². The van der Waals surface area contributed by atoms with E-state index in [0.717, 1.165) is 10.6 Å². The second-order valence-corrected chi connectivity index (χ2v) is 5.48. The van der Waals surface area contributed by atoms with Crippen LogP contribution in [0.4, 0.5) is 4.39 Å². The molecule has 2 aromatic rings. The highest BCUT2D eigenvalue weighted by atomic mass is 35.5. The molecule has 0 aliphatic rings. The SMILES string of the molecule is CC(NC(C)c1ccc(F)cc1Cl)c1nccs1. The Bertz CT molecular complexity index is 516. The number of hydrogen-bond donors (Lipinski definition) is 1. The van der Waals surface area contributed by atoms with Gasteiger partial charge in [0.1, 0.15) is 10.8 Å². The van der Waals surface area contributed by atoms with Gasteiger partial charge in [-0.1, -0.05) is 17.7 Å². The van der Waals surface area contributed by atoms with Gasteiger partial charge >= 0.3 is 0 Å². The topological polar surface area (TPSA) is 24.9 Å². The molecule has 2 unspecified atom stereocenters. The lowest BCUT2D eigenvalue weighted by atomic mass is 10.1. The molecule has 1 heterocycles. The molecule has 1 N–H and O–H groups in total. The highest BCUT2D eigenvalue weighted by Gasteiger charge is 2.15. The maximum atomic E-state index is 13.0. The van der Waals surface area contributed by atoms with E-state index < -0.39 is 0 Å². The molecule has 0 saturated carbocycles. The van der Waals surface area contributed by atoms with E-state index in [9.17, 15) is 4.39 Å². The van der Waals surface area contributed by atoms with Crippen molar-refractivity contribution in [1.82, 2.24) is 10.3 Å². The van der Waals surface area contributed by atoms with Gasteiger partial charge in [-0.05, 0) is 31.5 Å². The Morgan fingerprint density at radius 3 is 2.72 bits per heavy atom. The van der Waals surface area contributed by atoms with E-state index in [1.807, 2.05) is 19.2 Å². The van der Waals surface area contributed by atoms with Crippen molar-refractivity contribution in [2.75, 3.05) is 0 Å². The third kappa shape index (κ3) is 3.07. The fourth-order valence-corrected chi connectivity index (χ4v) is 2.82. The van der Waals surface area contributed by atoms with Crippen LogP contribution in [0.25, 0.3) is 0 Å². The number of aromatic nitrogens is 1. The molecule has 0 aliphatic heterocycles. The van der Waals surface area contributed by atoms with Crippen molar-refractivity contribution in [2.24, 2.45) is 0 Å². The number of halogens is 2. The van der Waals surface area contributed by atoms with Crippen molar-refractivity contribution < 1.29 is 4.39 Å². The third-order valence-corrected chi connectivity index (χ3v) is 4.04. The van der Waals surface area contributed by atoms with E-state index in [1.165, 1.54) is 12.1 Å². The number of rotatable bonds is 4. The van der Waals surface area contributed by atoms with Gasteiger partial charge in [0.25, 0.3) is 0 Å². The van der Waals surface area contributed by atoms with Crippen molar-refractivity contribution in [3.8, 4) is 0 Å². The Hall–Kier alpha value is -0.970.